The van der Waals surface area contributed by atoms with Crippen molar-refractivity contribution in [2.24, 2.45) is 0 Å². The molecule has 1 amide bonds. The van der Waals surface area contributed by atoms with Gasteiger partial charge in [-0.2, -0.15) is 0 Å². The van der Waals surface area contributed by atoms with Gasteiger partial charge in [-0.15, -0.1) is 0 Å². The lowest BCUT2D eigenvalue weighted by molar-refractivity contribution is -0.137. The molecule has 1 aliphatic heterocycles. The SMILES string of the molecule is Cc1cc(CCC(=O)O)c(C=C2C(=O)Nc3ccccc32)[nH]1. The average molecular weight is 296 g/mol. The second-order valence-corrected chi connectivity index (χ2v) is 5.34. The number of hydrogen-bond acceptors (Lipinski definition) is 2. The van der Waals surface area contributed by atoms with Crippen LogP contribution in [0.4, 0.5) is 5.69 Å². The number of carbonyl (C=O) groups excluding carboxylic acids is 1. The number of hydrogen-bond donors (Lipinski definition) is 3. The van der Waals surface area contributed by atoms with Crippen LogP contribution in [0, 0.1) is 6.92 Å². The number of amides is 1. The summed E-state index contributed by atoms with van der Waals surface area (Å²) in [4.78, 5) is 26.1. The van der Waals surface area contributed by atoms with E-state index in [2.05, 4.69) is 10.3 Å². The van der Waals surface area contributed by atoms with Crippen LogP contribution in [0.1, 0.15) is 28.9 Å². The van der Waals surface area contributed by atoms with Gasteiger partial charge in [0, 0.05) is 29.1 Å². The van der Waals surface area contributed by atoms with Crippen molar-refractivity contribution in [3.63, 3.8) is 0 Å². The molecule has 0 saturated heterocycles. The number of rotatable bonds is 4. The van der Waals surface area contributed by atoms with Gasteiger partial charge >= 0.3 is 5.97 Å². The highest BCUT2D eigenvalue weighted by Crippen LogP contribution is 2.33. The van der Waals surface area contributed by atoms with Crippen molar-refractivity contribution in [3.05, 3.63) is 52.8 Å². The molecule has 0 aliphatic carbocycles. The molecule has 0 unspecified atom stereocenters. The van der Waals surface area contributed by atoms with Crippen molar-refractivity contribution in [1.29, 1.82) is 0 Å². The molecule has 2 heterocycles. The smallest absolute Gasteiger partial charge is 0.303 e. The molecule has 0 fully saturated rings. The highest BCUT2D eigenvalue weighted by Gasteiger charge is 2.24. The zero-order valence-electron chi connectivity index (χ0n) is 12.1. The van der Waals surface area contributed by atoms with Crippen LogP contribution in [0.3, 0.4) is 0 Å². The number of anilines is 1. The van der Waals surface area contributed by atoms with Gasteiger partial charge in [-0.1, -0.05) is 18.2 Å². The summed E-state index contributed by atoms with van der Waals surface area (Å²) in [7, 11) is 0. The van der Waals surface area contributed by atoms with Gasteiger partial charge in [0.05, 0.1) is 5.57 Å². The average Bonchev–Trinajstić information content (AvgIpc) is 2.98. The third kappa shape index (κ3) is 2.65. The molecule has 0 bridgehead atoms. The van der Waals surface area contributed by atoms with Crippen molar-refractivity contribution in [1.82, 2.24) is 4.98 Å². The second-order valence-electron chi connectivity index (χ2n) is 5.34. The van der Waals surface area contributed by atoms with Crippen molar-refractivity contribution in [2.75, 3.05) is 5.32 Å². The van der Waals surface area contributed by atoms with E-state index in [1.807, 2.05) is 37.3 Å². The van der Waals surface area contributed by atoms with Gasteiger partial charge in [0.15, 0.2) is 0 Å². The molecule has 3 N–H and O–H groups in total. The van der Waals surface area contributed by atoms with E-state index in [0.717, 1.165) is 28.2 Å². The van der Waals surface area contributed by atoms with Crippen molar-refractivity contribution >= 4 is 29.2 Å². The predicted octanol–water partition coefficient (Wildman–Crippen LogP) is 2.83. The first-order chi connectivity index (χ1) is 10.5. The Balaban J connectivity index is 1.99. The highest BCUT2D eigenvalue weighted by molar-refractivity contribution is 6.34. The van der Waals surface area contributed by atoms with E-state index in [1.54, 1.807) is 6.08 Å². The summed E-state index contributed by atoms with van der Waals surface area (Å²) in [6.07, 6.45) is 2.30. The number of aryl methyl sites for hydroxylation is 2. The lowest BCUT2D eigenvalue weighted by Gasteiger charge is -2.00. The number of carbonyl (C=O) groups is 2. The fraction of sp³-hybridized carbons (Fsp3) is 0.176. The molecular weight excluding hydrogens is 280 g/mol. The molecule has 0 atom stereocenters. The maximum atomic E-state index is 12.1. The Morgan fingerprint density at radius 3 is 2.86 bits per heavy atom. The molecule has 0 spiro atoms. The van der Waals surface area contributed by atoms with Crippen molar-refractivity contribution in [2.45, 2.75) is 19.8 Å². The van der Waals surface area contributed by atoms with Crippen LogP contribution in [0.25, 0.3) is 11.6 Å². The molecule has 0 radical (unpaired) electrons. The molecule has 3 rings (SSSR count). The Morgan fingerprint density at radius 1 is 1.32 bits per heavy atom. The summed E-state index contributed by atoms with van der Waals surface area (Å²) in [6.45, 7) is 1.91. The lowest BCUT2D eigenvalue weighted by Crippen LogP contribution is -2.04. The number of benzene rings is 1. The Hall–Kier alpha value is -2.82. The van der Waals surface area contributed by atoms with Gasteiger partial charge < -0.3 is 15.4 Å². The Labute approximate surface area is 127 Å². The van der Waals surface area contributed by atoms with Gasteiger partial charge in [0.1, 0.15) is 0 Å². The quantitative estimate of drug-likeness (QED) is 0.759. The molecule has 1 aromatic carbocycles. The number of H-pyrrole nitrogens is 1. The fourth-order valence-electron chi connectivity index (χ4n) is 2.67. The van der Waals surface area contributed by atoms with E-state index >= 15 is 0 Å². The number of para-hydroxylation sites is 1. The van der Waals surface area contributed by atoms with Gasteiger partial charge in [0.25, 0.3) is 5.91 Å². The first kappa shape index (κ1) is 14.1. The summed E-state index contributed by atoms with van der Waals surface area (Å²) >= 11 is 0. The van der Waals surface area contributed by atoms with Crippen LogP contribution in [0.2, 0.25) is 0 Å². The van der Waals surface area contributed by atoms with E-state index < -0.39 is 5.97 Å². The summed E-state index contributed by atoms with van der Waals surface area (Å²) in [5.41, 5.74) is 4.90. The van der Waals surface area contributed by atoms with Gasteiger partial charge in [-0.3, -0.25) is 9.59 Å². The van der Waals surface area contributed by atoms with Crippen LogP contribution >= 0.6 is 0 Å². The first-order valence-electron chi connectivity index (χ1n) is 7.07. The van der Waals surface area contributed by atoms with Gasteiger partial charge in [0.2, 0.25) is 0 Å². The molecule has 1 aliphatic rings. The number of nitrogens with one attached hydrogen (secondary N) is 2. The Kier molecular flexibility index (Phi) is 3.55. The molecule has 1 aromatic heterocycles. The van der Waals surface area contributed by atoms with Crippen LogP contribution in [-0.4, -0.2) is 22.0 Å². The monoisotopic (exact) mass is 296 g/mol. The second kappa shape index (κ2) is 5.52. The summed E-state index contributed by atoms with van der Waals surface area (Å²) in [5.74, 6) is -0.973. The maximum Gasteiger partial charge on any atom is 0.303 e. The topological polar surface area (TPSA) is 82.2 Å². The lowest BCUT2D eigenvalue weighted by atomic mass is 10.0. The molecular formula is C17H16N2O3. The minimum atomic E-state index is -0.832. The molecule has 2 aromatic rings. The van der Waals surface area contributed by atoms with E-state index in [9.17, 15) is 9.59 Å². The van der Waals surface area contributed by atoms with Gasteiger partial charge in [-0.05, 0) is 37.1 Å². The Morgan fingerprint density at radius 2 is 2.09 bits per heavy atom. The zero-order valence-corrected chi connectivity index (χ0v) is 12.1. The van der Waals surface area contributed by atoms with Crippen LogP contribution in [-0.2, 0) is 16.0 Å². The largest absolute Gasteiger partial charge is 0.481 e. The number of carboxylic acids is 1. The standard InChI is InChI=1S/C17H16N2O3/c1-10-8-11(6-7-16(20)21)15(18-10)9-13-12-4-2-3-5-14(12)19-17(13)22/h2-5,8-9,18H,6-7H2,1H3,(H,19,22)(H,20,21). The molecule has 112 valence electrons. The normalized spacial score (nSPS) is 15.0. The number of aromatic amines is 1. The Bertz CT molecular complexity index is 787. The number of carboxylic acid groups (broad SMARTS) is 1. The summed E-state index contributed by atoms with van der Waals surface area (Å²) in [5, 5.41) is 11.7. The minimum absolute atomic E-state index is 0.0657. The van der Waals surface area contributed by atoms with E-state index in [4.69, 9.17) is 5.11 Å². The van der Waals surface area contributed by atoms with E-state index in [1.165, 1.54) is 0 Å². The number of aliphatic carboxylic acids is 1. The van der Waals surface area contributed by atoms with Gasteiger partial charge in [-0.25, -0.2) is 0 Å². The van der Waals surface area contributed by atoms with E-state index in [-0.39, 0.29) is 12.3 Å². The maximum absolute atomic E-state index is 12.1. The highest BCUT2D eigenvalue weighted by atomic mass is 16.4. The predicted molar refractivity (Wildman–Crippen MR) is 84.4 cm³/mol. The molecule has 22 heavy (non-hydrogen) atoms. The zero-order chi connectivity index (χ0) is 15.7. The minimum Gasteiger partial charge on any atom is -0.481 e. The van der Waals surface area contributed by atoms with Crippen LogP contribution < -0.4 is 5.32 Å². The molecule has 5 heteroatoms. The summed E-state index contributed by atoms with van der Waals surface area (Å²) in [6, 6.07) is 9.44. The first-order valence-corrected chi connectivity index (χ1v) is 7.07. The van der Waals surface area contributed by atoms with Crippen molar-refractivity contribution < 1.29 is 14.7 Å². The van der Waals surface area contributed by atoms with E-state index in [0.29, 0.717) is 12.0 Å². The third-order valence-electron chi connectivity index (χ3n) is 3.68. The molecule has 5 nitrogen and oxygen atoms in total. The van der Waals surface area contributed by atoms with Crippen molar-refractivity contribution in [3.8, 4) is 0 Å². The fourth-order valence-corrected chi connectivity index (χ4v) is 2.67. The molecule has 0 saturated carbocycles. The third-order valence-corrected chi connectivity index (χ3v) is 3.68. The number of fused-ring (bicyclic) bond motifs is 1. The number of aromatic nitrogens is 1. The van der Waals surface area contributed by atoms with Crippen LogP contribution in [0.5, 0.6) is 0 Å². The van der Waals surface area contributed by atoms with Crippen LogP contribution in [0.15, 0.2) is 30.3 Å². The summed E-state index contributed by atoms with van der Waals surface area (Å²) < 4.78 is 0.